The molecule has 3 heteroatoms. The minimum Gasteiger partial charge on any atom is -0.457 e. The largest absolute Gasteiger partial charge is 0.457 e. The van der Waals surface area contributed by atoms with Crippen molar-refractivity contribution >= 4 is 48.6 Å². The molecular formula is C61H45NOS. The van der Waals surface area contributed by atoms with Crippen molar-refractivity contribution in [3.05, 3.63) is 245 Å². The summed E-state index contributed by atoms with van der Waals surface area (Å²) in [6.45, 7) is 9.46. The van der Waals surface area contributed by atoms with E-state index in [1.165, 1.54) is 81.4 Å². The van der Waals surface area contributed by atoms with Crippen LogP contribution in [0.25, 0.3) is 42.4 Å². The number of benzene rings is 9. The molecule has 0 saturated heterocycles. The van der Waals surface area contributed by atoms with Gasteiger partial charge in [-0.25, -0.2) is 0 Å². The van der Waals surface area contributed by atoms with Gasteiger partial charge in [0.05, 0.1) is 5.41 Å². The van der Waals surface area contributed by atoms with Gasteiger partial charge in [0.25, 0.3) is 0 Å². The zero-order valence-corrected chi connectivity index (χ0v) is 37.1. The van der Waals surface area contributed by atoms with Crippen LogP contribution >= 0.6 is 11.3 Å². The SMILES string of the molecule is CC1(C)c2ccccc2-c2ccc(N(c3ccc(-c4cccc5c4sc4ccccc45)cc3)c3ccc4c(c3)Oc3ccccc3C43c4ccccc4C(C)(C)c4ccccc43)cc21. The molecule has 0 bridgehead atoms. The number of ether oxygens (including phenoxy) is 1. The second-order valence-electron chi connectivity index (χ2n) is 18.8. The van der Waals surface area contributed by atoms with Crippen LogP contribution in [0.15, 0.2) is 200 Å². The van der Waals surface area contributed by atoms with Gasteiger partial charge in [-0.3, -0.25) is 0 Å². The van der Waals surface area contributed by atoms with Crippen molar-refractivity contribution < 1.29 is 4.74 Å². The van der Waals surface area contributed by atoms with Crippen molar-refractivity contribution in [2.24, 2.45) is 0 Å². The second-order valence-corrected chi connectivity index (χ2v) is 19.9. The van der Waals surface area contributed by atoms with Gasteiger partial charge in [0.1, 0.15) is 11.5 Å². The van der Waals surface area contributed by atoms with Crippen molar-refractivity contribution in [2.75, 3.05) is 4.90 Å². The van der Waals surface area contributed by atoms with E-state index in [1.807, 2.05) is 11.3 Å². The Bertz CT molecular complexity index is 3500. The van der Waals surface area contributed by atoms with Crippen LogP contribution in [0.1, 0.15) is 72.2 Å². The second kappa shape index (κ2) is 13.4. The Morgan fingerprint density at radius 3 is 1.67 bits per heavy atom. The fourth-order valence-corrected chi connectivity index (χ4v) is 13.0. The zero-order valence-electron chi connectivity index (χ0n) is 36.3. The van der Waals surface area contributed by atoms with E-state index in [4.69, 9.17) is 4.74 Å². The number of fused-ring (bicyclic) bond motifs is 14. The van der Waals surface area contributed by atoms with E-state index in [0.717, 1.165) is 34.1 Å². The van der Waals surface area contributed by atoms with E-state index >= 15 is 0 Å². The smallest absolute Gasteiger partial charge is 0.134 e. The van der Waals surface area contributed by atoms with Crippen LogP contribution in [0.5, 0.6) is 11.5 Å². The third-order valence-corrected chi connectivity index (χ3v) is 16.0. The maximum Gasteiger partial charge on any atom is 0.134 e. The van der Waals surface area contributed by atoms with Gasteiger partial charge in [-0.1, -0.05) is 179 Å². The molecule has 0 fully saturated rings. The minimum absolute atomic E-state index is 0.148. The molecule has 2 heterocycles. The first-order valence-electron chi connectivity index (χ1n) is 22.4. The minimum atomic E-state index is -0.575. The van der Waals surface area contributed by atoms with Gasteiger partial charge in [-0.2, -0.15) is 0 Å². The standard InChI is InChI=1S/C61H45NOS/c1-59(2)47-20-7-5-16-43(47)44-34-32-40(36-54(44)59)62(39-30-28-38(29-31-39)42-18-15-19-46-45-17-6-14-27-57(45)64-58(42)46)41-33-35-53-56(37-41)63-55-26-13-12-25-52(55)61(53)50-23-10-8-21-48(50)60(3,4)49-22-9-11-24-51(49)61/h5-37H,1-4H3. The topological polar surface area (TPSA) is 12.5 Å². The molecular weight excluding hydrogens is 795 g/mol. The molecule has 0 unspecified atom stereocenters. The maximum atomic E-state index is 7.12. The molecule has 0 N–H and O–H groups in total. The highest BCUT2D eigenvalue weighted by Gasteiger charge is 2.53. The Hall–Kier alpha value is -7.20. The Morgan fingerprint density at radius 2 is 0.906 bits per heavy atom. The molecule has 0 radical (unpaired) electrons. The first-order valence-corrected chi connectivity index (χ1v) is 23.2. The maximum absolute atomic E-state index is 7.12. The van der Waals surface area contributed by atoms with Gasteiger partial charge in [-0.15, -0.1) is 11.3 Å². The summed E-state index contributed by atoms with van der Waals surface area (Å²) in [4.78, 5) is 2.42. The summed E-state index contributed by atoms with van der Waals surface area (Å²) in [6, 6.07) is 74.4. The summed E-state index contributed by atoms with van der Waals surface area (Å²) in [5.74, 6) is 1.76. The summed E-state index contributed by atoms with van der Waals surface area (Å²) in [6.07, 6.45) is 0. The average molecular weight is 840 g/mol. The highest BCUT2D eigenvalue weighted by atomic mass is 32.1. The quantitative estimate of drug-likeness (QED) is 0.175. The molecule has 2 nitrogen and oxygen atoms in total. The van der Waals surface area contributed by atoms with Gasteiger partial charge in [0.15, 0.2) is 0 Å². The van der Waals surface area contributed by atoms with Crippen molar-refractivity contribution in [2.45, 2.75) is 43.9 Å². The molecule has 3 aliphatic rings. The monoisotopic (exact) mass is 839 g/mol. The molecule has 10 aromatic rings. The lowest BCUT2D eigenvalue weighted by molar-refractivity contribution is 0.425. The van der Waals surface area contributed by atoms with E-state index in [1.54, 1.807) is 0 Å². The fraction of sp³-hybridized carbons (Fsp3) is 0.115. The molecule has 1 spiro atoms. The molecule has 2 aliphatic carbocycles. The number of rotatable bonds is 4. The fourth-order valence-electron chi connectivity index (χ4n) is 11.8. The number of nitrogens with zero attached hydrogens (tertiary/aromatic N) is 1. The Morgan fingerprint density at radius 1 is 0.375 bits per heavy atom. The molecule has 0 amide bonds. The van der Waals surface area contributed by atoms with E-state index in [-0.39, 0.29) is 10.8 Å². The van der Waals surface area contributed by atoms with E-state index in [2.05, 4.69) is 233 Å². The summed E-state index contributed by atoms with van der Waals surface area (Å²) in [7, 11) is 0. The van der Waals surface area contributed by atoms with E-state index < -0.39 is 5.41 Å². The predicted molar refractivity (Wildman–Crippen MR) is 268 cm³/mol. The van der Waals surface area contributed by atoms with Crippen LogP contribution in [0.4, 0.5) is 17.1 Å². The number of hydrogen-bond donors (Lipinski definition) is 0. The van der Waals surface area contributed by atoms with Crippen molar-refractivity contribution in [3.8, 4) is 33.8 Å². The van der Waals surface area contributed by atoms with Crippen LogP contribution in [0.2, 0.25) is 0 Å². The van der Waals surface area contributed by atoms with Crippen LogP contribution in [0.3, 0.4) is 0 Å². The lowest BCUT2D eigenvalue weighted by Gasteiger charge is -2.50. The average Bonchev–Trinajstić information content (AvgIpc) is 3.82. The molecule has 0 atom stereocenters. The van der Waals surface area contributed by atoms with Gasteiger partial charge in [-0.05, 0) is 98.1 Å². The lowest BCUT2D eigenvalue weighted by atomic mass is 9.53. The van der Waals surface area contributed by atoms with E-state index in [9.17, 15) is 0 Å². The molecule has 9 aromatic carbocycles. The molecule has 306 valence electrons. The zero-order chi connectivity index (χ0) is 43.0. The van der Waals surface area contributed by atoms with Gasteiger partial charge in [0.2, 0.25) is 0 Å². The van der Waals surface area contributed by atoms with Gasteiger partial charge in [0, 0.05) is 65.3 Å². The molecule has 1 aliphatic heterocycles. The Balaban J connectivity index is 1.02. The summed E-state index contributed by atoms with van der Waals surface area (Å²) in [5.41, 5.74) is 17.8. The predicted octanol–water partition coefficient (Wildman–Crippen LogP) is 16.6. The van der Waals surface area contributed by atoms with Crippen LogP contribution < -0.4 is 9.64 Å². The normalized spacial score (nSPS) is 15.4. The number of para-hydroxylation sites is 1. The Kier molecular flexibility index (Phi) is 7.83. The first kappa shape index (κ1) is 37.4. The number of thiophene rings is 1. The summed E-state index contributed by atoms with van der Waals surface area (Å²) >= 11 is 1.88. The van der Waals surface area contributed by atoms with Gasteiger partial charge >= 0.3 is 0 Å². The first-order chi connectivity index (χ1) is 31.2. The highest BCUT2D eigenvalue weighted by Crippen LogP contribution is 2.62. The van der Waals surface area contributed by atoms with E-state index in [0.29, 0.717) is 0 Å². The number of hydrogen-bond acceptors (Lipinski definition) is 3. The van der Waals surface area contributed by atoms with Crippen LogP contribution in [-0.2, 0) is 16.2 Å². The van der Waals surface area contributed by atoms with Crippen LogP contribution in [-0.4, -0.2) is 0 Å². The van der Waals surface area contributed by atoms with Crippen molar-refractivity contribution in [1.82, 2.24) is 0 Å². The van der Waals surface area contributed by atoms with Crippen molar-refractivity contribution in [1.29, 1.82) is 0 Å². The molecule has 1 aromatic heterocycles. The molecule has 64 heavy (non-hydrogen) atoms. The number of anilines is 3. The highest BCUT2D eigenvalue weighted by molar-refractivity contribution is 7.26. The summed E-state index contributed by atoms with van der Waals surface area (Å²) < 4.78 is 9.76. The Labute approximate surface area is 378 Å². The molecule has 13 rings (SSSR count). The summed E-state index contributed by atoms with van der Waals surface area (Å²) in [5, 5.41) is 2.63. The van der Waals surface area contributed by atoms with Crippen molar-refractivity contribution in [3.63, 3.8) is 0 Å². The van der Waals surface area contributed by atoms with Crippen LogP contribution in [0, 0.1) is 0 Å². The lowest BCUT2D eigenvalue weighted by Crippen LogP contribution is -2.43. The third-order valence-electron chi connectivity index (χ3n) is 14.8. The third kappa shape index (κ3) is 5.02. The molecule has 0 saturated carbocycles. The van der Waals surface area contributed by atoms with Gasteiger partial charge < -0.3 is 9.64 Å².